The van der Waals surface area contributed by atoms with E-state index in [1.165, 1.54) is 11.6 Å². The predicted molar refractivity (Wildman–Crippen MR) is 137 cm³/mol. The lowest BCUT2D eigenvalue weighted by Crippen LogP contribution is -2.47. The molecule has 182 valence electrons. The number of rotatable bonds is 2. The maximum atomic E-state index is 8.81. The Kier molecular flexibility index (Phi) is 8.35. The number of carbonyl (C=O) groups is 1. The third-order valence-electron chi connectivity index (χ3n) is 4.33. The van der Waals surface area contributed by atoms with Crippen molar-refractivity contribution in [3.8, 4) is 22.9 Å². The molecule has 0 aliphatic heterocycles. The molecule has 0 atom stereocenters. The molecule has 0 fully saturated rings. The molecule has 11 nitrogen and oxygen atoms in total. The third kappa shape index (κ3) is 6.31. The van der Waals surface area contributed by atoms with Gasteiger partial charge >= 0.3 is 5.82 Å². The standard InChI is InChI=1S/C11H9BrN4O.C9H9BrN4O.C2H4O/c1-6-3-4-8(17-6)10-11-13-7(2)15-16(11)5-9(12)14-10;1-5-2-3-6(15-5)8-9(11)14(12)4-7(10)13-8;1-2-3/h3-5H,1-2H3;2-4,11H,12H2,1H3;2H,1H3/p+1. The van der Waals surface area contributed by atoms with Crippen molar-refractivity contribution in [1.82, 2.24) is 24.6 Å². The van der Waals surface area contributed by atoms with Gasteiger partial charge in [-0.1, -0.05) is 0 Å². The number of nitrogens with zero attached hydrogens (tertiary/aromatic N) is 6. The van der Waals surface area contributed by atoms with Crippen molar-refractivity contribution < 1.29 is 18.3 Å². The summed E-state index contributed by atoms with van der Waals surface area (Å²) in [4.78, 5) is 21.8. The lowest BCUT2D eigenvalue weighted by atomic mass is 10.3. The maximum Gasteiger partial charge on any atom is 0.325 e. The number of carbonyl (C=O) groups excluding carboxylic acids is 1. The van der Waals surface area contributed by atoms with Gasteiger partial charge in [0.1, 0.15) is 32.8 Å². The molecule has 0 bridgehead atoms. The van der Waals surface area contributed by atoms with E-state index in [2.05, 4.69) is 51.9 Å². The maximum absolute atomic E-state index is 8.81. The lowest BCUT2D eigenvalue weighted by molar-refractivity contribution is -0.624. The summed E-state index contributed by atoms with van der Waals surface area (Å²) >= 11 is 6.60. The van der Waals surface area contributed by atoms with E-state index in [0.717, 1.165) is 17.8 Å². The Labute approximate surface area is 217 Å². The van der Waals surface area contributed by atoms with Gasteiger partial charge in [0, 0.05) is 0 Å². The Bertz CT molecular complexity index is 1480. The minimum Gasteiger partial charge on any atom is -0.460 e. The second-order valence-electron chi connectivity index (χ2n) is 7.10. The molecule has 0 unspecified atom stereocenters. The van der Waals surface area contributed by atoms with Crippen LogP contribution >= 0.6 is 31.9 Å². The minimum atomic E-state index is 0.354. The number of anilines is 1. The Hall–Kier alpha value is -3.58. The first-order chi connectivity index (χ1) is 16.6. The Balaban J connectivity index is 0.000000177. The first kappa shape index (κ1) is 26.0. The molecule has 35 heavy (non-hydrogen) atoms. The summed E-state index contributed by atoms with van der Waals surface area (Å²) in [6, 6.07) is 7.43. The molecule has 0 radical (unpaired) electrons. The summed E-state index contributed by atoms with van der Waals surface area (Å²) in [5, 5.41) is 4.26. The normalized spacial score (nSPS) is 10.3. The molecule has 0 amide bonds. The topological polar surface area (TPSA) is 155 Å². The average molecular weight is 607 g/mol. The number of hydrogen-bond acceptors (Lipinski definition) is 9. The summed E-state index contributed by atoms with van der Waals surface area (Å²) < 4.78 is 15.3. The fourth-order valence-corrected chi connectivity index (χ4v) is 3.71. The summed E-state index contributed by atoms with van der Waals surface area (Å²) in [7, 11) is 0. The van der Waals surface area contributed by atoms with Crippen LogP contribution in [-0.4, -0.2) is 30.9 Å². The molecule has 0 saturated carbocycles. The van der Waals surface area contributed by atoms with Crippen molar-refractivity contribution in [3.63, 3.8) is 0 Å². The third-order valence-corrected chi connectivity index (χ3v) is 5.09. The highest BCUT2D eigenvalue weighted by Gasteiger charge is 2.18. The molecule has 0 aliphatic carbocycles. The van der Waals surface area contributed by atoms with E-state index in [1.54, 1.807) is 23.0 Å². The van der Waals surface area contributed by atoms with Crippen molar-refractivity contribution in [2.75, 3.05) is 11.6 Å². The van der Waals surface area contributed by atoms with E-state index in [9.17, 15) is 0 Å². The van der Waals surface area contributed by atoms with Crippen molar-refractivity contribution in [2.24, 2.45) is 0 Å². The number of fused-ring (bicyclic) bond motifs is 1. The second kappa shape index (κ2) is 11.2. The number of halogens is 2. The predicted octanol–water partition coefficient (Wildman–Crippen LogP) is 3.96. The van der Waals surface area contributed by atoms with Gasteiger partial charge in [-0.15, -0.1) is 4.68 Å². The van der Waals surface area contributed by atoms with E-state index in [-0.39, 0.29) is 0 Å². The first-order valence-electron chi connectivity index (χ1n) is 10.2. The molecule has 5 rings (SSSR count). The van der Waals surface area contributed by atoms with Crippen LogP contribution in [0.1, 0.15) is 24.3 Å². The zero-order chi connectivity index (χ0) is 25.7. The zero-order valence-corrected chi connectivity index (χ0v) is 22.5. The molecule has 5 aromatic heterocycles. The van der Waals surface area contributed by atoms with E-state index in [4.69, 9.17) is 25.2 Å². The number of aromatic nitrogens is 6. The summed E-state index contributed by atoms with van der Waals surface area (Å²) in [6.45, 7) is 7.04. The van der Waals surface area contributed by atoms with Gasteiger partial charge in [-0.25, -0.2) is 19.5 Å². The average Bonchev–Trinajstić information content (AvgIpc) is 3.50. The monoisotopic (exact) mass is 605 g/mol. The van der Waals surface area contributed by atoms with Crippen LogP contribution in [0.3, 0.4) is 0 Å². The molecule has 13 heteroatoms. The molecule has 0 spiro atoms. The van der Waals surface area contributed by atoms with Crippen LogP contribution in [0, 0.1) is 20.8 Å². The van der Waals surface area contributed by atoms with Crippen LogP contribution in [0.25, 0.3) is 28.6 Å². The van der Waals surface area contributed by atoms with E-state index in [1.807, 2.05) is 39.0 Å². The number of hydrogen-bond donors (Lipinski definition) is 2. The first-order valence-corrected chi connectivity index (χ1v) is 11.8. The second-order valence-corrected chi connectivity index (χ2v) is 8.73. The smallest absolute Gasteiger partial charge is 0.325 e. The number of furan rings is 2. The van der Waals surface area contributed by atoms with Crippen LogP contribution in [0.2, 0.25) is 0 Å². The summed E-state index contributed by atoms with van der Waals surface area (Å²) in [5.41, 5.74) is 7.70. The van der Waals surface area contributed by atoms with Crippen LogP contribution < -0.4 is 16.3 Å². The fraction of sp³-hybridized carbons (Fsp3) is 0.182. The van der Waals surface area contributed by atoms with E-state index < -0.39 is 0 Å². The minimum absolute atomic E-state index is 0.354. The van der Waals surface area contributed by atoms with Crippen molar-refractivity contribution >= 4 is 49.6 Å². The number of aryl methyl sites for hydroxylation is 3. The highest BCUT2D eigenvalue weighted by atomic mass is 79.9. The van der Waals surface area contributed by atoms with Gasteiger partial charge in [-0.3, -0.25) is 11.6 Å². The molecule has 4 N–H and O–H groups in total. The van der Waals surface area contributed by atoms with Gasteiger partial charge in [0.15, 0.2) is 34.8 Å². The highest BCUT2D eigenvalue weighted by molar-refractivity contribution is 9.10. The van der Waals surface area contributed by atoms with E-state index >= 15 is 0 Å². The molecular weight excluding hydrogens is 584 g/mol. The highest BCUT2D eigenvalue weighted by Crippen LogP contribution is 2.26. The molecular formula is C22H23Br2N8O3+. The molecule has 0 saturated heterocycles. The van der Waals surface area contributed by atoms with Crippen LogP contribution in [0.5, 0.6) is 0 Å². The van der Waals surface area contributed by atoms with Crippen molar-refractivity contribution in [3.05, 3.63) is 63.2 Å². The van der Waals surface area contributed by atoms with Gasteiger partial charge in [0.05, 0.1) is 6.20 Å². The number of aldehydes is 1. The largest absolute Gasteiger partial charge is 0.460 e. The van der Waals surface area contributed by atoms with Gasteiger partial charge < -0.3 is 13.6 Å². The van der Waals surface area contributed by atoms with Crippen LogP contribution in [-0.2, 0) is 4.79 Å². The number of nitrogens with two attached hydrogens (primary N) is 2. The SMILES string of the molecule is CC=O.Cc1ccc(-c2nc(Br)c[n+](N)c2N)o1.Cc1nc2c(-c3ccc(C)o3)nc(Br)cn2n1. The molecule has 0 aliphatic rings. The van der Waals surface area contributed by atoms with Gasteiger partial charge in [-0.05, 0) is 83.8 Å². The lowest BCUT2D eigenvalue weighted by Gasteiger charge is -2.00. The van der Waals surface area contributed by atoms with Crippen LogP contribution in [0.4, 0.5) is 5.82 Å². The molecule has 0 aromatic carbocycles. The Morgan fingerprint density at radius 1 is 0.943 bits per heavy atom. The van der Waals surface area contributed by atoms with Gasteiger partial charge in [0.2, 0.25) is 0 Å². The van der Waals surface area contributed by atoms with Crippen molar-refractivity contribution in [2.45, 2.75) is 27.7 Å². The number of nitrogen functional groups attached to an aromatic ring is 2. The van der Waals surface area contributed by atoms with Gasteiger partial charge in [0.25, 0.3) is 0 Å². The van der Waals surface area contributed by atoms with Gasteiger partial charge in [-0.2, -0.15) is 5.10 Å². The zero-order valence-electron chi connectivity index (χ0n) is 19.4. The summed E-state index contributed by atoms with van der Waals surface area (Å²) in [5.74, 6) is 9.65. The quantitative estimate of drug-likeness (QED) is 0.172. The van der Waals surface area contributed by atoms with Crippen molar-refractivity contribution in [1.29, 1.82) is 0 Å². The Morgan fingerprint density at radius 3 is 2.03 bits per heavy atom. The molecule has 5 aromatic rings. The summed E-state index contributed by atoms with van der Waals surface area (Å²) in [6.07, 6.45) is 4.10. The molecule has 5 heterocycles. The van der Waals surface area contributed by atoms with E-state index in [0.29, 0.717) is 49.4 Å². The fourth-order valence-electron chi connectivity index (χ4n) is 2.94. The Morgan fingerprint density at radius 2 is 1.49 bits per heavy atom. The van der Waals surface area contributed by atoms with Crippen LogP contribution in [0.15, 0.2) is 54.7 Å².